The summed E-state index contributed by atoms with van der Waals surface area (Å²) in [6.07, 6.45) is 3.47. The van der Waals surface area contributed by atoms with Crippen LogP contribution in [0.4, 0.5) is 5.69 Å². The van der Waals surface area contributed by atoms with Gasteiger partial charge in [-0.3, -0.25) is 14.4 Å². The van der Waals surface area contributed by atoms with Gasteiger partial charge in [-0.1, -0.05) is 42.0 Å². The average molecular weight is 463 g/mol. The van der Waals surface area contributed by atoms with Gasteiger partial charge in [0.15, 0.2) is 0 Å². The summed E-state index contributed by atoms with van der Waals surface area (Å²) >= 11 is 0. The van der Waals surface area contributed by atoms with Crippen molar-refractivity contribution in [1.82, 2.24) is 4.90 Å². The van der Waals surface area contributed by atoms with Crippen LogP contribution in [0, 0.1) is 18.8 Å². The van der Waals surface area contributed by atoms with Crippen LogP contribution in [-0.2, 0) is 32.1 Å². The number of anilines is 1. The fraction of sp³-hybridized carbons (Fsp3) is 0.464. The Kier molecular flexibility index (Phi) is 7.66. The first-order valence-electron chi connectivity index (χ1n) is 12.3. The van der Waals surface area contributed by atoms with Gasteiger partial charge >= 0.3 is 5.97 Å². The van der Waals surface area contributed by atoms with Crippen LogP contribution < -0.4 is 4.90 Å². The van der Waals surface area contributed by atoms with Crippen molar-refractivity contribution in [3.8, 4) is 0 Å². The lowest BCUT2D eigenvalue weighted by molar-refractivity contribution is -0.151. The predicted molar refractivity (Wildman–Crippen MR) is 131 cm³/mol. The molecular weight excluding hydrogens is 428 g/mol. The van der Waals surface area contributed by atoms with E-state index in [-0.39, 0.29) is 36.0 Å². The van der Waals surface area contributed by atoms with E-state index in [2.05, 4.69) is 31.2 Å². The first-order chi connectivity index (χ1) is 16.4. The summed E-state index contributed by atoms with van der Waals surface area (Å²) in [6, 6.07) is 16.0. The van der Waals surface area contributed by atoms with E-state index in [0.29, 0.717) is 39.1 Å². The number of piperidine rings is 1. The first-order valence-corrected chi connectivity index (χ1v) is 12.3. The minimum Gasteiger partial charge on any atom is -0.466 e. The van der Waals surface area contributed by atoms with E-state index in [9.17, 15) is 14.4 Å². The van der Waals surface area contributed by atoms with Gasteiger partial charge in [0.2, 0.25) is 11.8 Å². The van der Waals surface area contributed by atoms with Crippen LogP contribution >= 0.6 is 0 Å². The molecule has 0 spiro atoms. The van der Waals surface area contributed by atoms with Gasteiger partial charge in [0.1, 0.15) is 0 Å². The zero-order valence-corrected chi connectivity index (χ0v) is 20.2. The van der Waals surface area contributed by atoms with E-state index in [4.69, 9.17) is 4.74 Å². The number of amides is 2. The minimum atomic E-state index is -0.156. The molecule has 4 rings (SSSR count). The maximum atomic E-state index is 13.1. The molecule has 1 aliphatic carbocycles. The third-order valence-electron chi connectivity index (χ3n) is 6.70. The SMILES string of the molecule is CCOC(=O)C1CCN(C(=O)Cc2cccc(N(Cc3ccc(C)cc3)C(=O)C3CC3)c2)CC1. The highest BCUT2D eigenvalue weighted by Gasteiger charge is 2.34. The molecule has 180 valence electrons. The van der Waals surface area contributed by atoms with Crippen molar-refractivity contribution in [3.63, 3.8) is 0 Å². The van der Waals surface area contributed by atoms with Crippen molar-refractivity contribution >= 4 is 23.5 Å². The number of hydrogen-bond donors (Lipinski definition) is 0. The molecule has 2 aromatic rings. The molecule has 0 atom stereocenters. The summed E-state index contributed by atoms with van der Waals surface area (Å²) in [5.41, 5.74) is 4.01. The van der Waals surface area contributed by atoms with Crippen LogP contribution in [0.3, 0.4) is 0 Å². The molecule has 0 radical (unpaired) electrons. The second-order valence-electron chi connectivity index (χ2n) is 9.44. The first kappa shape index (κ1) is 24.0. The van der Waals surface area contributed by atoms with Gasteiger partial charge in [-0.05, 0) is 62.8 Å². The Morgan fingerprint density at radius 2 is 1.65 bits per heavy atom. The van der Waals surface area contributed by atoms with E-state index in [0.717, 1.165) is 29.7 Å². The molecule has 6 nitrogen and oxygen atoms in total. The molecular formula is C28H34N2O4. The number of hydrogen-bond acceptors (Lipinski definition) is 4. The number of rotatable bonds is 8. The molecule has 0 N–H and O–H groups in total. The quantitative estimate of drug-likeness (QED) is 0.549. The van der Waals surface area contributed by atoms with Crippen LogP contribution in [0.25, 0.3) is 0 Å². The molecule has 0 bridgehead atoms. The molecule has 34 heavy (non-hydrogen) atoms. The number of aryl methyl sites for hydroxylation is 1. The van der Waals surface area contributed by atoms with Gasteiger partial charge in [-0.2, -0.15) is 0 Å². The number of likely N-dealkylation sites (tertiary alicyclic amines) is 1. The predicted octanol–water partition coefficient (Wildman–Crippen LogP) is 4.28. The van der Waals surface area contributed by atoms with Crippen LogP contribution in [-0.4, -0.2) is 42.4 Å². The number of ether oxygens (including phenoxy) is 1. The summed E-state index contributed by atoms with van der Waals surface area (Å²) in [5.74, 6) is 0.0481. The maximum Gasteiger partial charge on any atom is 0.309 e. The Bertz CT molecular complexity index is 1020. The molecule has 2 fully saturated rings. The van der Waals surface area contributed by atoms with Gasteiger partial charge in [0, 0.05) is 24.7 Å². The average Bonchev–Trinajstić information content (AvgIpc) is 3.69. The molecule has 0 unspecified atom stereocenters. The van der Waals surface area contributed by atoms with Crippen LogP contribution in [0.1, 0.15) is 49.3 Å². The third kappa shape index (κ3) is 6.04. The summed E-state index contributed by atoms with van der Waals surface area (Å²) in [6.45, 7) is 5.91. The largest absolute Gasteiger partial charge is 0.466 e. The Morgan fingerprint density at radius 3 is 2.29 bits per heavy atom. The standard InChI is InChI=1S/C28H34N2O4/c1-3-34-28(33)24-13-15-29(16-14-24)26(31)18-22-5-4-6-25(17-22)30(27(32)23-11-12-23)19-21-9-7-20(2)8-10-21/h4-10,17,23-24H,3,11-16,18-19H2,1-2H3. The van der Waals surface area contributed by atoms with Gasteiger partial charge in [0.25, 0.3) is 0 Å². The van der Waals surface area contributed by atoms with Crippen molar-refractivity contribution < 1.29 is 19.1 Å². The topological polar surface area (TPSA) is 66.9 Å². The van der Waals surface area contributed by atoms with Crippen molar-refractivity contribution in [3.05, 3.63) is 65.2 Å². The number of carbonyl (C=O) groups excluding carboxylic acids is 3. The zero-order chi connectivity index (χ0) is 24.1. The van der Waals surface area contributed by atoms with E-state index in [1.54, 1.807) is 0 Å². The fourth-order valence-corrected chi connectivity index (χ4v) is 4.47. The molecule has 1 saturated carbocycles. The highest BCUT2D eigenvalue weighted by Crippen LogP contribution is 2.34. The highest BCUT2D eigenvalue weighted by atomic mass is 16.5. The van der Waals surface area contributed by atoms with E-state index in [1.165, 1.54) is 5.56 Å². The van der Waals surface area contributed by atoms with Crippen LogP contribution in [0.5, 0.6) is 0 Å². The normalized spacial score (nSPS) is 16.2. The summed E-state index contributed by atoms with van der Waals surface area (Å²) in [5, 5.41) is 0. The van der Waals surface area contributed by atoms with Crippen molar-refractivity contribution in [2.24, 2.45) is 11.8 Å². The Labute approximate surface area is 201 Å². The lowest BCUT2D eigenvalue weighted by Gasteiger charge is -2.31. The smallest absolute Gasteiger partial charge is 0.309 e. The molecule has 2 amide bonds. The second kappa shape index (κ2) is 10.9. The molecule has 2 aliphatic rings. The van der Waals surface area contributed by atoms with E-state index >= 15 is 0 Å². The third-order valence-corrected chi connectivity index (χ3v) is 6.70. The van der Waals surface area contributed by atoms with Gasteiger partial charge in [-0.25, -0.2) is 0 Å². The molecule has 1 heterocycles. The molecule has 2 aromatic carbocycles. The van der Waals surface area contributed by atoms with Gasteiger partial charge in [0.05, 0.1) is 25.5 Å². The molecule has 0 aromatic heterocycles. The minimum absolute atomic E-state index is 0.0538. The second-order valence-corrected chi connectivity index (χ2v) is 9.44. The number of carbonyl (C=O) groups is 3. The molecule has 6 heteroatoms. The lowest BCUT2D eigenvalue weighted by atomic mass is 9.96. The van der Waals surface area contributed by atoms with Crippen LogP contribution in [0.15, 0.2) is 48.5 Å². The maximum absolute atomic E-state index is 13.1. The van der Waals surface area contributed by atoms with E-state index in [1.807, 2.05) is 41.0 Å². The van der Waals surface area contributed by atoms with Crippen molar-refractivity contribution in [1.29, 1.82) is 0 Å². The summed E-state index contributed by atoms with van der Waals surface area (Å²) in [4.78, 5) is 41.7. The Hall–Kier alpha value is -3.15. The van der Waals surface area contributed by atoms with Crippen molar-refractivity contribution in [2.45, 2.75) is 52.5 Å². The Balaban J connectivity index is 1.42. The van der Waals surface area contributed by atoms with Gasteiger partial charge in [-0.15, -0.1) is 0 Å². The number of esters is 1. The summed E-state index contributed by atoms with van der Waals surface area (Å²) < 4.78 is 5.12. The van der Waals surface area contributed by atoms with Crippen molar-refractivity contribution in [2.75, 3.05) is 24.6 Å². The number of nitrogens with zero attached hydrogens (tertiary/aromatic N) is 2. The zero-order valence-electron chi connectivity index (χ0n) is 20.2. The number of benzene rings is 2. The summed E-state index contributed by atoms with van der Waals surface area (Å²) in [7, 11) is 0. The lowest BCUT2D eigenvalue weighted by Crippen LogP contribution is -2.41. The molecule has 1 aliphatic heterocycles. The van der Waals surface area contributed by atoms with Crippen LogP contribution in [0.2, 0.25) is 0 Å². The Morgan fingerprint density at radius 1 is 0.941 bits per heavy atom. The molecule has 1 saturated heterocycles. The highest BCUT2D eigenvalue weighted by molar-refractivity contribution is 5.96. The monoisotopic (exact) mass is 462 g/mol. The van der Waals surface area contributed by atoms with E-state index < -0.39 is 0 Å². The fourth-order valence-electron chi connectivity index (χ4n) is 4.47. The van der Waals surface area contributed by atoms with Gasteiger partial charge < -0.3 is 14.5 Å².